The number of carbonyl (C=O) groups is 1. The number of carbonyl (C=O) groups excluding carboxylic acids is 1. The van der Waals surface area contributed by atoms with Crippen LogP contribution in [-0.2, 0) is 21.2 Å². The molecule has 0 radical (unpaired) electrons. The number of hydrogen-bond donors (Lipinski definition) is 2. The van der Waals surface area contributed by atoms with Gasteiger partial charge in [0.25, 0.3) is 10.0 Å². The molecular weight excluding hydrogens is 410 g/mol. The molecule has 1 amide bonds. The number of hydrogen-bond acceptors (Lipinski definition) is 4. The monoisotopic (exact) mass is 433 g/mol. The second-order valence-corrected chi connectivity index (χ2v) is 8.96. The summed E-state index contributed by atoms with van der Waals surface area (Å²) >= 11 is 0. The van der Waals surface area contributed by atoms with Gasteiger partial charge >= 0.3 is 0 Å². The Morgan fingerprint density at radius 2 is 1.71 bits per heavy atom. The maximum absolute atomic E-state index is 12.9. The fourth-order valence-electron chi connectivity index (χ4n) is 3.11. The van der Waals surface area contributed by atoms with Crippen LogP contribution in [0.1, 0.15) is 28.7 Å². The molecule has 7 heteroatoms. The van der Waals surface area contributed by atoms with Crippen LogP contribution in [0, 0.1) is 25.2 Å². The summed E-state index contributed by atoms with van der Waals surface area (Å²) in [5, 5.41) is 11.6. The van der Waals surface area contributed by atoms with E-state index in [0.29, 0.717) is 28.9 Å². The van der Waals surface area contributed by atoms with Crippen molar-refractivity contribution in [3.63, 3.8) is 0 Å². The van der Waals surface area contributed by atoms with Gasteiger partial charge in [-0.3, -0.25) is 9.52 Å². The van der Waals surface area contributed by atoms with Gasteiger partial charge in [-0.1, -0.05) is 30.3 Å². The van der Waals surface area contributed by atoms with Crippen molar-refractivity contribution in [2.45, 2.75) is 31.6 Å². The van der Waals surface area contributed by atoms with Crippen LogP contribution < -0.4 is 10.0 Å². The van der Waals surface area contributed by atoms with Crippen molar-refractivity contribution in [1.29, 1.82) is 5.26 Å². The van der Waals surface area contributed by atoms with Crippen LogP contribution >= 0.6 is 0 Å². The molecule has 158 valence electrons. The van der Waals surface area contributed by atoms with Crippen molar-refractivity contribution in [1.82, 2.24) is 0 Å². The van der Waals surface area contributed by atoms with Gasteiger partial charge in [0, 0.05) is 17.8 Å². The molecule has 0 aliphatic heterocycles. The van der Waals surface area contributed by atoms with Gasteiger partial charge in [0.15, 0.2) is 0 Å². The third kappa shape index (κ3) is 5.93. The first-order chi connectivity index (χ1) is 14.8. The van der Waals surface area contributed by atoms with E-state index in [-0.39, 0.29) is 17.2 Å². The first-order valence-corrected chi connectivity index (χ1v) is 11.2. The molecule has 6 nitrogen and oxygen atoms in total. The number of amides is 1. The van der Waals surface area contributed by atoms with Gasteiger partial charge in [-0.25, -0.2) is 8.42 Å². The Morgan fingerprint density at radius 1 is 0.968 bits per heavy atom. The Morgan fingerprint density at radius 3 is 2.39 bits per heavy atom. The number of nitrogens with zero attached hydrogens (tertiary/aromatic N) is 1. The minimum absolute atomic E-state index is 0.110. The average molecular weight is 434 g/mol. The molecule has 0 bridgehead atoms. The Balaban J connectivity index is 1.69. The zero-order chi connectivity index (χ0) is 22.4. The van der Waals surface area contributed by atoms with Crippen LogP contribution in [0.3, 0.4) is 0 Å². The molecule has 0 aliphatic carbocycles. The lowest BCUT2D eigenvalue weighted by Crippen LogP contribution is -2.16. The largest absolute Gasteiger partial charge is 0.326 e. The molecule has 0 heterocycles. The van der Waals surface area contributed by atoms with E-state index in [4.69, 9.17) is 5.26 Å². The molecule has 0 saturated carbocycles. The van der Waals surface area contributed by atoms with E-state index < -0.39 is 10.0 Å². The summed E-state index contributed by atoms with van der Waals surface area (Å²) < 4.78 is 28.4. The van der Waals surface area contributed by atoms with Gasteiger partial charge in [0.1, 0.15) is 0 Å². The SMILES string of the molecule is Cc1cccc(NS(=O)(=O)c2cc(NC(=O)CCc3ccc(C#N)cc3)ccc2C)c1. The van der Waals surface area contributed by atoms with E-state index in [1.165, 1.54) is 6.07 Å². The molecule has 31 heavy (non-hydrogen) atoms. The highest BCUT2D eigenvalue weighted by molar-refractivity contribution is 7.92. The second-order valence-electron chi connectivity index (χ2n) is 7.31. The highest BCUT2D eigenvalue weighted by Gasteiger charge is 2.18. The van der Waals surface area contributed by atoms with Crippen LogP contribution in [0.15, 0.2) is 71.6 Å². The van der Waals surface area contributed by atoms with E-state index in [2.05, 4.69) is 16.1 Å². The van der Waals surface area contributed by atoms with Crippen molar-refractivity contribution >= 4 is 27.3 Å². The molecule has 3 rings (SSSR count). The molecule has 0 saturated heterocycles. The van der Waals surface area contributed by atoms with Crippen molar-refractivity contribution in [2.24, 2.45) is 0 Å². The standard InChI is InChI=1S/C24H23N3O3S/c1-17-4-3-5-22(14-17)27-31(29,30)23-15-21(12-6-18(23)2)26-24(28)13-11-19-7-9-20(16-25)10-8-19/h3-10,12,14-15,27H,11,13H2,1-2H3,(H,26,28). The fraction of sp³-hybridized carbons (Fsp3) is 0.167. The summed E-state index contributed by atoms with van der Waals surface area (Å²) in [7, 11) is -3.81. The molecule has 3 aromatic carbocycles. The van der Waals surface area contributed by atoms with Gasteiger partial charge in [0.2, 0.25) is 5.91 Å². The summed E-state index contributed by atoms with van der Waals surface area (Å²) in [6, 6.07) is 21.0. The Kier molecular flexibility index (Phi) is 6.73. The quantitative estimate of drug-likeness (QED) is 0.571. The van der Waals surface area contributed by atoms with Crippen molar-refractivity contribution in [3.05, 3.63) is 89.0 Å². The summed E-state index contributed by atoms with van der Waals surface area (Å²) in [5.74, 6) is -0.219. The Hall–Kier alpha value is -3.63. The lowest BCUT2D eigenvalue weighted by atomic mass is 10.1. The van der Waals surface area contributed by atoms with Gasteiger partial charge in [-0.2, -0.15) is 5.26 Å². The normalized spacial score (nSPS) is 10.9. The number of benzene rings is 3. The zero-order valence-electron chi connectivity index (χ0n) is 17.3. The van der Waals surface area contributed by atoms with Gasteiger partial charge in [-0.05, 0) is 73.4 Å². The van der Waals surface area contributed by atoms with Crippen LogP contribution in [0.5, 0.6) is 0 Å². The first-order valence-electron chi connectivity index (χ1n) is 9.76. The zero-order valence-corrected chi connectivity index (χ0v) is 18.2. The summed E-state index contributed by atoms with van der Waals surface area (Å²) in [6.45, 7) is 3.60. The molecule has 0 spiro atoms. The number of anilines is 2. The maximum atomic E-state index is 12.9. The van der Waals surface area contributed by atoms with Crippen LogP contribution in [0.4, 0.5) is 11.4 Å². The number of sulfonamides is 1. The Bertz CT molecular complexity index is 1240. The van der Waals surface area contributed by atoms with Gasteiger partial charge < -0.3 is 5.32 Å². The highest BCUT2D eigenvalue weighted by Crippen LogP contribution is 2.23. The Labute approximate surface area is 182 Å². The van der Waals surface area contributed by atoms with Gasteiger partial charge in [-0.15, -0.1) is 0 Å². The van der Waals surface area contributed by atoms with Crippen molar-refractivity contribution < 1.29 is 13.2 Å². The van der Waals surface area contributed by atoms with Crippen molar-refractivity contribution in [3.8, 4) is 6.07 Å². The predicted molar refractivity (Wildman–Crippen MR) is 121 cm³/mol. The third-order valence-electron chi connectivity index (χ3n) is 4.76. The minimum atomic E-state index is -3.81. The predicted octanol–water partition coefficient (Wildman–Crippen LogP) is 4.55. The number of rotatable bonds is 7. The van der Waals surface area contributed by atoms with E-state index >= 15 is 0 Å². The van der Waals surface area contributed by atoms with Crippen LogP contribution in [-0.4, -0.2) is 14.3 Å². The summed E-state index contributed by atoms with van der Waals surface area (Å²) in [5.41, 5.74) is 3.94. The van der Waals surface area contributed by atoms with E-state index in [9.17, 15) is 13.2 Å². The van der Waals surface area contributed by atoms with Crippen LogP contribution in [0.25, 0.3) is 0 Å². The lowest BCUT2D eigenvalue weighted by Gasteiger charge is -2.13. The second kappa shape index (κ2) is 9.45. The van der Waals surface area contributed by atoms with E-state index in [1.807, 2.05) is 25.1 Å². The molecule has 2 N–H and O–H groups in total. The topological polar surface area (TPSA) is 99.1 Å². The molecule has 0 unspecified atom stereocenters. The smallest absolute Gasteiger partial charge is 0.262 e. The van der Waals surface area contributed by atoms with Crippen molar-refractivity contribution in [2.75, 3.05) is 10.0 Å². The first kappa shape index (κ1) is 22.1. The molecule has 0 aromatic heterocycles. The molecule has 0 atom stereocenters. The third-order valence-corrected chi connectivity index (χ3v) is 6.28. The molecule has 3 aromatic rings. The average Bonchev–Trinajstić information content (AvgIpc) is 2.73. The van der Waals surface area contributed by atoms with E-state index in [0.717, 1.165) is 11.1 Å². The molecule has 0 fully saturated rings. The molecular formula is C24H23N3O3S. The molecule has 0 aliphatic rings. The minimum Gasteiger partial charge on any atom is -0.326 e. The summed E-state index contributed by atoms with van der Waals surface area (Å²) in [4.78, 5) is 12.5. The number of aryl methyl sites for hydroxylation is 3. The number of nitriles is 1. The van der Waals surface area contributed by atoms with E-state index in [1.54, 1.807) is 49.4 Å². The lowest BCUT2D eigenvalue weighted by molar-refractivity contribution is -0.116. The van der Waals surface area contributed by atoms with Crippen LogP contribution in [0.2, 0.25) is 0 Å². The number of nitrogens with one attached hydrogen (secondary N) is 2. The maximum Gasteiger partial charge on any atom is 0.262 e. The fourth-order valence-corrected chi connectivity index (χ4v) is 4.43. The highest BCUT2D eigenvalue weighted by atomic mass is 32.2. The van der Waals surface area contributed by atoms with Gasteiger partial charge in [0.05, 0.1) is 16.5 Å². The summed E-state index contributed by atoms with van der Waals surface area (Å²) in [6.07, 6.45) is 0.757.